The van der Waals surface area contributed by atoms with Crippen LogP contribution in [0.4, 0.5) is 10.5 Å². The molecule has 0 bridgehead atoms. The number of urea groups is 1. The molecule has 4 rings (SSSR count). The molecule has 0 radical (unpaired) electrons. The third-order valence-corrected chi connectivity index (χ3v) is 7.40. The van der Waals surface area contributed by atoms with Crippen molar-refractivity contribution in [2.75, 3.05) is 12.4 Å². The number of fused-ring (bicyclic) bond motifs is 2. The summed E-state index contributed by atoms with van der Waals surface area (Å²) >= 11 is 0. The van der Waals surface area contributed by atoms with E-state index in [0.29, 0.717) is 5.69 Å². The molecular weight excluding hydrogens is 404 g/mol. The van der Waals surface area contributed by atoms with Gasteiger partial charge in [-0.3, -0.25) is 4.68 Å². The van der Waals surface area contributed by atoms with Gasteiger partial charge in [0.1, 0.15) is 5.60 Å². The van der Waals surface area contributed by atoms with E-state index in [1.807, 2.05) is 13.8 Å². The largest absolute Gasteiger partial charge is 0.373 e. The van der Waals surface area contributed by atoms with Crippen LogP contribution in [-0.4, -0.2) is 31.3 Å². The smallest absolute Gasteiger partial charge is 0.333 e. The molecule has 1 aromatic carbocycles. The highest BCUT2D eigenvalue weighted by atomic mass is 32.2. The number of hydrogen-bond donors (Lipinski definition) is 2. The molecule has 2 aliphatic rings. The Kier molecular flexibility index (Phi) is 5.14. The Hall–Kier alpha value is -2.39. The van der Waals surface area contributed by atoms with Crippen molar-refractivity contribution in [3.63, 3.8) is 0 Å². The molecule has 0 fully saturated rings. The maximum Gasteiger partial charge on any atom is 0.333 e. The zero-order chi connectivity index (χ0) is 21.7. The van der Waals surface area contributed by atoms with Crippen molar-refractivity contribution >= 4 is 21.7 Å². The number of hydrogen-bond acceptors (Lipinski definition) is 5. The van der Waals surface area contributed by atoms with Crippen molar-refractivity contribution in [1.29, 1.82) is 0 Å². The van der Waals surface area contributed by atoms with Crippen LogP contribution >= 0.6 is 0 Å². The SMILES string of the molecule is COC(C)(C)c1cc(S(=O)(=O)NC(=O)Nc2c3c(cc4c2CCC4)CCC3)nn1C. The number of aryl methyl sites for hydroxylation is 3. The lowest BCUT2D eigenvalue weighted by Gasteiger charge is -2.22. The molecule has 2 N–H and O–H groups in total. The van der Waals surface area contributed by atoms with Crippen molar-refractivity contribution in [2.45, 2.75) is 63.0 Å². The number of rotatable bonds is 5. The monoisotopic (exact) mass is 432 g/mol. The molecule has 0 aliphatic heterocycles. The molecule has 0 unspecified atom stereocenters. The van der Waals surface area contributed by atoms with Gasteiger partial charge in [0.05, 0.1) is 5.69 Å². The second kappa shape index (κ2) is 7.39. The number of ether oxygens (including phenoxy) is 1. The van der Waals surface area contributed by atoms with Crippen molar-refractivity contribution in [3.8, 4) is 0 Å². The van der Waals surface area contributed by atoms with Gasteiger partial charge in [-0.25, -0.2) is 9.52 Å². The fraction of sp³-hybridized carbons (Fsp3) is 0.524. The summed E-state index contributed by atoms with van der Waals surface area (Å²) in [5.41, 5.74) is 5.49. The van der Waals surface area contributed by atoms with Crippen LogP contribution in [0.25, 0.3) is 0 Å². The lowest BCUT2D eigenvalue weighted by Crippen LogP contribution is -2.35. The van der Waals surface area contributed by atoms with Crippen LogP contribution in [0.1, 0.15) is 54.6 Å². The van der Waals surface area contributed by atoms with Gasteiger partial charge in [0.2, 0.25) is 0 Å². The Bertz CT molecular complexity index is 1090. The van der Waals surface area contributed by atoms with E-state index in [2.05, 4.69) is 21.2 Å². The number of anilines is 1. The first-order valence-electron chi connectivity index (χ1n) is 10.2. The van der Waals surface area contributed by atoms with E-state index in [-0.39, 0.29) is 5.03 Å². The molecule has 2 aromatic rings. The maximum absolute atomic E-state index is 12.8. The van der Waals surface area contributed by atoms with E-state index in [9.17, 15) is 13.2 Å². The van der Waals surface area contributed by atoms with Crippen LogP contribution in [-0.2, 0) is 53.1 Å². The van der Waals surface area contributed by atoms with Gasteiger partial charge in [-0.05, 0) is 74.6 Å². The number of aromatic nitrogens is 2. The minimum absolute atomic E-state index is 0.219. The van der Waals surface area contributed by atoms with Crippen molar-refractivity contribution in [3.05, 3.63) is 40.1 Å². The summed E-state index contributed by atoms with van der Waals surface area (Å²) < 4.78 is 34.6. The molecule has 0 saturated carbocycles. The van der Waals surface area contributed by atoms with Crippen LogP contribution in [0.3, 0.4) is 0 Å². The molecule has 2 aliphatic carbocycles. The Morgan fingerprint density at radius 2 is 1.70 bits per heavy atom. The number of amides is 2. The zero-order valence-corrected chi connectivity index (χ0v) is 18.6. The number of nitrogens with one attached hydrogen (secondary N) is 2. The number of nitrogens with zero attached hydrogens (tertiary/aromatic N) is 2. The molecular formula is C21H28N4O4S. The normalized spacial score (nSPS) is 15.7. The summed E-state index contributed by atoms with van der Waals surface area (Å²) in [6.45, 7) is 3.63. The molecule has 1 aromatic heterocycles. The number of sulfonamides is 1. The minimum Gasteiger partial charge on any atom is -0.373 e. The number of benzene rings is 1. The highest BCUT2D eigenvalue weighted by Gasteiger charge is 2.30. The molecule has 0 spiro atoms. The van der Waals surface area contributed by atoms with Crippen LogP contribution in [0.2, 0.25) is 0 Å². The van der Waals surface area contributed by atoms with Crippen molar-refractivity contribution in [2.24, 2.45) is 7.05 Å². The average Bonchev–Trinajstić information content (AvgIpc) is 3.40. The quantitative estimate of drug-likeness (QED) is 0.756. The first-order valence-corrected chi connectivity index (χ1v) is 11.7. The molecule has 30 heavy (non-hydrogen) atoms. The van der Waals surface area contributed by atoms with Gasteiger partial charge in [0.15, 0.2) is 5.03 Å². The second-order valence-corrected chi connectivity index (χ2v) is 10.1. The molecule has 9 heteroatoms. The molecule has 0 saturated heterocycles. The summed E-state index contributed by atoms with van der Waals surface area (Å²) in [4.78, 5) is 12.7. The van der Waals surface area contributed by atoms with Gasteiger partial charge in [-0.15, -0.1) is 0 Å². The Morgan fingerprint density at radius 3 is 2.27 bits per heavy atom. The molecule has 2 amide bonds. The Balaban J connectivity index is 1.58. The van der Waals surface area contributed by atoms with Gasteiger partial charge in [0.25, 0.3) is 10.0 Å². The fourth-order valence-corrected chi connectivity index (χ4v) is 5.42. The highest BCUT2D eigenvalue weighted by molar-refractivity contribution is 7.90. The van der Waals surface area contributed by atoms with E-state index in [1.165, 1.54) is 21.9 Å². The number of carbonyl (C=O) groups is 1. The molecule has 162 valence electrons. The minimum atomic E-state index is -4.13. The third-order valence-electron chi connectivity index (χ3n) is 6.20. The Morgan fingerprint density at radius 1 is 1.10 bits per heavy atom. The van der Waals surface area contributed by atoms with Gasteiger partial charge in [0, 0.05) is 25.9 Å². The van der Waals surface area contributed by atoms with Crippen LogP contribution < -0.4 is 10.0 Å². The maximum atomic E-state index is 12.8. The van der Waals surface area contributed by atoms with Gasteiger partial charge in [-0.1, -0.05) is 6.07 Å². The van der Waals surface area contributed by atoms with Crippen molar-refractivity contribution in [1.82, 2.24) is 14.5 Å². The molecule has 0 atom stereocenters. The lowest BCUT2D eigenvalue weighted by molar-refractivity contribution is 0.0123. The average molecular weight is 433 g/mol. The second-order valence-electron chi connectivity index (χ2n) is 8.50. The zero-order valence-electron chi connectivity index (χ0n) is 17.8. The lowest BCUT2D eigenvalue weighted by atomic mass is 9.99. The van der Waals surface area contributed by atoms with E-state index >= 15 is 0 Å². The molecule has 1 heterocycles. The predicted molar refractivity (Wildman–Crippen MR) is 113 cm³/mol. The molecule has 8 nitrogen and oxygen atoms in total. The van der Waals surface area contributed by atoms with Gasteiger partial charge >= 0.3 is 6.03 Å². The van der Waals surface area contributed by atoms with Gasteiger partial charge in [-0.2, -0.15) is 13.5 Å². The first kappa shape index (κ1) is 20.9. The summed E-state index contributed by atoms with van der Waals surface area (Å²) in [5, 5.41) is 6.70. The van der Waals surface area contributed by atoms with E-state index in [4.69, 9.17) is 4.74 Å². The third kappa shape index (κ3) is 3.60. The first-order chi connectivity index (χ1) is 14.1. The standard InChI is InChI=1S/C21H28N4O4S/c1-21(2,29-4)17-12-18(23-25(17)3)30(27,28)24-20(26)22-19-15-9-5-7-13(15)11-14-8-6-10-16(14)19/h11-12H,5-10H2,1-4H3,(H2,22,24,26). The topological polar surface area (TPSA) is 102 Å². The van der Waals surface area contributed by atoms with Crippen LogP contribution in [0.5, 0.6) is 0 Å². The summed E-state index contributed by atoms with van der Waals surface area (Å²) in [6, 6.07) is 2.93. The van der Waals surface area contributed by atoms with Crippen LogP contribution in [0.15, 0.2) is 17.2 Å². The summed E-state index contributed by atoms with van der Waals surface area (Å²) in [5.74, 6) is 0. The van der Waals surface area contributed by atoms with Crippen molar-refractivity contribution < 1.29 is 17.9 Å². The Labute approximate surface area is 177 Å². The van der Waals surface area contributed by atoms with Crippen LogP contribution in [0, 0.1) is 0 Å². The summed E-state index contributed by atoms with van der Waals surface area (Å²) in [6.07, 6.45) is 5.92. The van der Waals surface area contributed by atoms with E-state index in [0.717, 1.165) is 55.3 Å². The van der Waals surface area contributed by atoms with E-state index in [1.54, 1.807) is 14.2 Å². The van der Waals surface area contributed by atoms with Gasteiger partial charge < -0.3 is 10.1 Å². The van der Waals surface area contributed by atoms with E-state index < -0.39 is 21.7 Å². The predicted octanol–water partition coefficient (Wildman–Crippen LogP) is 2.79. The number of carbonyl (C=O) groups excluding carboxylic acids is 1. The highest BCUT2D eigenvalue weighted by Crippen LogP contribution is 2.38. The summed E-state index contributed by atoms with van der Waals surface area (Å²) in [7, 11) is -0.938. The number of methoxy groups -OCH3 is 1. The fourth-order valence-electron chi connectivity index (χ4n) is 4.52.